The highest BCUT2D eigenvalue weighted by Gasteiger charge is 2.02. The van der Waals surface area contributed by atoms with Crippen molar-refractivity contribution in [2.45, 2.75) is 60.8 Å². The molecule has 0 amide bonds. The summed E-state index contributed by atoms with van der Waals surface area (Å²) in [6, 6.07) is 15.1. The first-order chi connectivity index (χ1) is 10.3. The van der Waals surface area contributed by atoms with E-state index in [2.05, 4.69) is 84.0 Å². The van der Waals surface area contributed by atoms with Gasteiger partial charge in [-0.15, -0.1) is 0 Å². The molecular weight excluding hydrogens is 280 g/mol. The van der Waals surface area contributed by atoms with Crippen molar-refractivity contribution < 1.29 is 4.74 Å². The van der Waals surface area contributed by atoms with E-state index in [4.69, 9.17) is 4.74 Å². The molecule has 1 heteroatoms. The molecule has 0 unspecified atom stereocenters. The van der Waals surface area contributed by atoms with E-state index in [0.29, 0.717) is 11.8 Å². The normalized spacial score (nSPS) is 9.96. The molecule has 0 aromatic heterocycles. The third-order valence-electron chi connectivity index (χ3n) is 3.84. The van der Waals surface area contributed by atoms with Crippen molar-refractivity contribution in [2.75, 3.05) is 7.11 Å². The maximum atomic E-state index is 5.24. The molecule has 2 aromatic carbocycles. The zero-order chi connectivity index (χ0) is 16.7. The lowest BCUT2D eigenvalue weighted by atomic mass is 10.0. The summed E-state index contributed by atoms with van der Waals surface area (Å²) in [6.07, 6.45) is 0. The van der Waals surface area contributed by atoms with Crippen molar-refractivity contribution in [3.05, 3.63) is 64.7 Å². The minimum atomic E-state index is 0. The fraction of sp³-hybridized carbons (Fsp3) is 0.455. The SMILES string of the molecule is C.COc1cc(C(C)C)ccc1C.Cc1ccc(C(C)C)cc1. The molecular formula is C22H34O. The van der Waals surface area contributed by atoms with Crippen LogP contribution in [-0.2, 0) is 0 Å². The van der Waals surface area contributed by atoms with Gasteiger partial charge < -0.3 is 4.74 Å². The van der Waals surface area contributed by atoms with Crippen molar-refractivity contribution in [3.8, 4) is 5.75 Å². The van der Waals surface area contributed by atoms with Gasteiger partial charge in [-0.3, -0.25) is 0 Å². The van der Waals surface area contributed by atoms with Crippen LogP contribution in [0.15, 0.2) is 42.5 Å². The minimum Gasteiger partial charge on any atom is -0.496 e. The Kier molecular flexibility index (Phi) is 9.32. The highest BCUT2D eigenvalue weighted by Crippen LogP contribution is 2.23. The van der Waals surface area contributed by atoms with Gasteiger partial charge in [0.1, 0.15) is 5.75 Å². The molecule has 0 spiro atoms. The van der Waals surface area contributed by atoms with E-state index >= 15 is 0 Å². The average Bonchev–Trinajstić information content (AvgIpc) is 2.48. The number of aryl methyl sites for hydroxylation is 2. The lowest BCUT2D eigenvalue weighted by Gasteiger charge is -2.09. The van der Waals surface area contributed by atoms with Gasteiger partial charge in [0.25, 0.3) is 0 Å². The van der Waals surface area contributed by atoms with E-state index in [9.17, 15) is 0 Å². The van der Waals surface area contributed by atoms with Gasteiger partial charge in [-0.25, -0.2) is 0 Å². The Morgan fingerprint density at radius 3 is 1.65 bits per heavy atom. The van der Waals surface area contributed by atoms with Gasteiger partial charge in [0.15, 0.2) is 0 Å². The summed E-state index contributed by atoms with van der Waals surface area (Å²) in [5, 5.41) is 0. The number of benzene rings is 2. The predicted molar refractivity (Wildman–Crippen MR) is 104 cm³/mol. The van der Waals surface area contributed by atoms with Crippen LogP contribution in [0.25, 0.3) is 0 Å². The van der Waals surface area contributed by atoms with Crippen molar-refractivity contribution >= 4 is 0 Å². The Morgan fingerprint density at radius 2 is 1.22 bits per heavy atom. The van der Waals surface area contributed by atoms with Crippen LogP contribution in [0.4, 0.5) is 0 Å². The first kappa shape index (κ1) is 21.2. The van der Waals surface area contributed by atoms with Crippen molar-refractivity contribution in [3.63, 3.8) is 0 Å². The summed E-state index contributed by atoms with van der Waals surface area (Å²) in [6.45, 7) is 13.0. The smallest absolute Gasteiger partial charge is 0.122 e. The lowest BCUT2D eigenvalue weighted by molar-refractivity contribution is 0.411. The van der Waals surface area contributed by atoms with E-state index < -0.39 is 0 Å². The molecule has 23 heavy (non-hydrogen) atoms. The largest absolute Gasteiger partial charge is 0.496 e. The Bertz CT molecular complexity index is 565. The van der Waals surface area contributed by atoms with Crippen LogP contribution in [0.2, 0.25) is 0 Å². The molecule has 0 N–H and O–H groups in total. The van der Waals surface area contributed by atoms with Gasteiger partial charge in [0.2, 0.25) is 0 Å². The standard InChI is InChI=1S/C11H16O.C10H14.CH4/c1-8(2)10-6-5-9(3)11(7-10)12-4;1-8(2)10-6-4-9(3)5-7-10;/h5-8H,1-4H3;4-8H,1-3H3;1H4. The fourth-order valence-corrected chi connectivity index (χ4v) is 2.15. The van der Waals surface area contributed by atoms with E-state index in [1.54, 1.807) is 7.11 Å². The predicted octanol–water partition coefficient (Wildman–Crippen LogP) is 6.88. The maximum Gasteiger partial charge on any atom is 0.122 e. The second-order valence-electron chi connectivity index (χ2n) is 6.45. The van der Waals surface area contributed by atoms with Crippen molar-refractivity contribution in [1.82, 2.24) is 0 Å². The number of rotatable bonds is 3. The van der Waals surface area contributed by atoms with Crippen LogP contribution in [-0.4, -0.2) is 7.11 Å². The molecule has 0 aliphatic rings. The van der Waals surface area contributed by atoms with E-state index in [1.165, 1.54) is 22.3 Å². The van der Waals surface area contributed by atoms with Gasteiger partial charge in [-0.05, 0) is 48.4 Å². The summed E-state index contributed by atoms with van der Waals surface area (Å²) in [5.74, 6) is 2.21. The Morgan fingerprint density at radius 1 is 0.739 bits per heavy atom. The topological polar surface area (TPSA) is 9.23 Å². The third kappa shape index (κ3) is 6.90. The number of hydrogen-bond acceptors (Lipinski definition) is 1. The number of hydrogen-bond donors (Lipinski definition) is 0. The van der Waals surface area contributed by atoms with Crippen molar-refractivity contribution in [1.29, 1.82) is 0 Å². The number of ether oxygens (including phenoxy) is 1. The summed E-state index contributed by atoms with van der Waals surface area (Å²) < 4.78 is 5.24. The van der Waals surface area contributed by atoms with Gasteiger partial charge >= 0.3 is 0 Å². The summed E-state index contributed by atoms with van der Waals surface area (Å²) in [4.78, 5) is 0. The van der Waals surface area contributed by atoms with Crippen LogP contribution in [0, 0.1) is 13.8 Å². The first-order valence-electron chi connectivity index (χ1n) is 8.06. The fourth-order valence-electron chi connectivity index (χ4n) is 2.15. The molecule has 0 aliphatic carbocycles. The molecule has 2 aromatic rings. The Balaban J connectivity index is 0.000000409. The van der Waals surface area contributed by atoms with Gasteiger partial charge in [-0.1, -0.05) is 77.1 Å². The summed E-state index contributed by atoms with van der Waals surface area (Å²) in [5.41, 5.74) is 5.29. The Hall–Kier alpha value is -1.76. The average molecular weight is 315 g/mol. The lowest BCUT2D eigenvalue weighted by Crippen LogP contribution is -1.91. The minimum absolute atomic E-state index is 0. The molecule has 0 saturated heterocycles. The van der Waals surface area contributed by atoms with E-state index in [1.807, 2.05) is 0 Å². The highest BCUT2D eigenvalue weighted by atomic mass is 16.5. The number of methoxy groups -OCH3 is 1. The van der Waals surface area contributed by atoms with Gasteiger partial charge in [0, 0.05) is 0 Å². The van der Waals surface area contributed by atoms with Gasteiger partial charge in [-0.2, -0.15) is 0 Å². The van der Waals surface area contributed by atoms with E-state index in [-0.39, 0.29) is 7.43 Å². The summed E-state index contributed by atoms with van der Waals surface area (Å²) in [7, 11) is 1.71. The highest BCUT2D eigenvalue weighted by molar-refractivity contribution is 5.37. The molecule has 0 atom stereocenters. The molecule has 0 fully saturated rings. The van der Waals surface area contributed by atoms with Crippen molar-refractivity contribution in [2.24, 2.45) is 0 Å². The molecule has 0 aliphatic heterocycles. The van der Waals surface area contributed by atoms with Crippen LogP contribution >= 0.6 is 0 Å². The second-order valence-corrected chi connectivity index (χ2v) is 6.45. The first-order valence-corrected chi connectivity index (χ1v) is 8.06. The van der Waals surface area contributed by atoms with Crippen LogP contribution < -0.4 is 4.74 Å². The molecule has 0 radical (unpaired) electrons. The maximum absolute atomic E-state index is 5.24. The van der Waals surface area contributed by atoms with Gasteiger partial charge in [0.05, 0.1) is 7.11 Å². The zero-order valence-corrected chi connectivity index (χ0v) is 15.1. The molecule has 128 valence electrons. The quantitative estimate of drug-likeness (QED) is 0.600. The Labute approximate surface area is 143 Å². The van der Waals surface area contributed by atoms with E-state index in [0.717, 1.165) is 5.75 Å². The second kappa shape index (κ2) is 10.1. The van der Waals surface area contributed by atoms with Crippen LogP contribution in [0.5, 0.6) is 5.75 Å². The molecule has 1 nitrogen and oxygen atoms in total. The zero-order valence-electron chi connectivity index (χ0n) is 15.1. The third-order valence-corrected chi connectivity index (χ3v) is 3.84. The molecule has 0 heterocycles. The monoisotopic (exact) mass is 314 g/mol. The summed E-state index contributed by atoms with van der Waals surface area (Å²) >= 11 is 0. The molecule has 0 saturated carbocycles. The van der Waals surface area contributed by atoms with Crippen LogP contribution in [0.1, 0.15) is 69.2 Å². The molecule has 0 bridgehead atoms. The van der Waals surface area contributed by atoms with Crippen LogP contribution in [0.3, 0.4) is 0 Å². The molecule has 2 rings (SSSR count).